The minimum absolute atomic E-state index is 0.00924. The molecule has 2 aliphatic heterocycles. The molecule has 136 valence electrons. The minimum atomic E-state index is 0.00924. The SMILES string of the molecule is O=C(c1cc2n(n1)CCCO2)N1CCN(CC=Cc2ccccc2)CC1. The van der Waals surface area contributed by atoms with Gasteiger partial charge in [0.15, 0.2) is 5.69 Å². The van der Waals surface area contributed by atoms with Crippen molar-refractivity contribution in [2.75, 3.05) is 39.3 Å². The highest BCUT2D eigenvalue weighted by molar-refractivity contribution is 5.92. The molecule has 0 saturated carbocycles. The fourth-order valence-corrected chi connectivity index (χ4v) is 3.37. The second-order valence-electron chi connectivity index (χ2n) is 6.70. The Morgan fingerprint density at radius 3 is 2.69 bits per heavy atom. The summed E-state index contributed by atoms with van der Waals surface area (Å²) in [5.41, 5.74) is 1.71. The second-order valence-corrected chi connectivity index (χ2v) is 6.70. The van der Waals surface area contributed by atoms with E-state index in [2.05, 4.69) is 34.3 Å². The molecule has 0 radical (unpaired) electrons. The molecule has 1 amide bonds. The fraction of sp³-hybridized carbons (Fsp3) is 0.400. The highest BCUT2D eigenvalue weighted by atomic mass is 16.5. The molecule has 3 heterocycles. The summed E-state index contributed by atoms with van der Waals surface area (Å²) in [5, 5.41) is 4.40. The largest absolute Gasteiger partial charge is 0.478 e. The number of nitrogens with zero attached hydrogens (tertiary/aromatic N) is 4. The number of aryl methyl sites for hydroxylation is 1. The lowest BCUT2D eigenvalue weighted by Gasteiger charge is -2.33. The number of ether oxygens (including phenoxy) is 1. The van der Waals surface area contributed by atoms with Gasteiger partial charge >= 0.3 is 0 Å². The third-order valence-electron chi connectivity index (χ3n) is 4.86. The molecule has 26 heavy (non-hydrogen) atoms. The zero-order chi connectivity index (χ0) is 17.8. The first kappa shape index (κ1) is 16.8. The summed E-state index contributed by atoms with van der Waals surface area (Å²) in [6, 6.07) is 12.1. The predicted octanol–water partition coefficient (Wildman–Crippen LogP) is 2.14. The van der Waals surface area contributed by atoms with Crippen LogP contribution in [0.15, 0.2) is 42.5 Å². The molecule has 1 aromatic carbocycles. The van der Waals surface area contributed by atoms with Crippen LogP contribution >= 0.6 is 0 Å². The molecule has 2 aromatic rings. The van der Waals surface area contributed by atoms with Crippen molar-refractivity contribution in [2.45, 2.75) is 13.0 Å². The van der Waals surface area contributed by atoms with Gasteiger partial charge in [-0.2, -0.15) is 5.10 Å². The molecule has 0 aliphatic carbocycles. The molecular formula is C20H24N4O2. The Balaban J connectivity index is 1.28. The minimum Gasteiger partial charge on any atom is -0.478 e. The number of carbonyl (C=O) groups excluding carboxylic acids is 1. The van der Waals surface area contributed by atoms with Crippen LogP contribution in [-0.2, 0) is 6.54 Å². The van der Waals surface area contributed by atoms with E-state index in [1.165, 1.54) is 5.56 Å². The molecule has 0 bridgehead atoms. The number of benzene rings is 1. The highest BCUT2D eigenvalue weighted by Crippen LogP contribution is 2.19. The Kier molecular flexibility index (Phi) is 5.02. The van der Waals surface area contributed by atoms with Crippen LogP contribution in [0, 0.1) is 0 Å². The number of aromatic nitrogens is 2. The highest BCUT2D eigenvalue weighted by Gasteiger charge is 2.25. The van der Waals surface area contributed by atoms with E-state index in [1.807, 2.05) is 23.1 Å². The smallest absolute Gasteiger partial charge is 0.274 e. The van der Waals surface area contributed by atoms with E-state index in [1.54, 1.807) is 10.7 Å². The van der Waals surface area contributed by atoms with Crippen molar-refractivity contribution in [3.63, 3.8) is 0 Å². The molecule has 0 spiro atoms. The lowest BCUT2D eigenvalue weighted by atomic mass is 10.2. The zero-order valence-electron chi connectivity index (χ0n) is 14.9. The number of rotatable bonds is 4. The average Bonchev–Trinajstić information content (AvgIpc) is 3.13. The summed E-state index contributed by atoms with van der Waals surface area (Å²) >= 11 is 0. The molecule has 0 N–H and O–H groups in total. The van der Waals surface area contributed by atoms with E-state index < -0.39 is 0 Å². The van der Waals surface area contributed by atoms with Crippen LogP contribution in [0.3, 0.4) is 0 Å². The van der Waals surface area contributed by atoms with Crippen LogP contribution in [0.25, 0.3) is 6.08 Å². The van der Waals surface area contributed by atoms with Gasteiger partial charge < -0.3 is 9.64 Å². The fourth-order valence-electron chi connectivity index (χ4n) is 3.37. The van der Waals surface area contributed by atoms with E-state index >= 15 is 0 Å². The van der Waals surface area contributed by atoms with Gasteiger partial charge in [0, 0.05) is 51.8 Å². The van der Waals surface area contributed by atoms with E-state index in [0.717, 1.165) is 45.7 Å². The van der Waals surface area contributed by atoms with Gasteiger partial charge in [-0.15, -0.1) is 0 Å². The van der Waals surface area contributed by atoms with Crippen LogP contribution in [0.2, 0.25) is 0 Å². The van der Waals surface area contributed by atoms with E-state index in [9.17, 15) is 4.79 Å². The van der Waals surface area contributed by atoms with Crippen LogP contribution < -0.4 is 4.74 Å². The van der Waals surface area contributed by atoms with E-state index in [4.69, 9.17) is 4.74 Å². The number of carbonyl (C=O) groups is 1. The molecular weight excluding hydrogens is 328 g/mol. The van der Waals surface area contributed by atoms with E-state index in [-0.39, 0.29) is 5.91 Å². The van der Waals surface area contributed by atoms with Gasteiger partial charge in [0.1, 0.15) is 0 Å². The predicted molar refractivity (Wildman–Crippen MR) is 100 cm³/mol. The van der Waals surface area contributed by atoms with Crippen molar-refractivity contribution in [1.29, 1.82) is 0 Å². The van der Waals surface area contributed by atoms with Crippen LogP contribution in [0.5, 0.6) is 5.88 Å². The van der Waals surface area contributed by atoms with Crippen molar-refractivity contribution in [2.24, 2.45) is 0 Å². The Labute approximate surface area is 153 Å². The van der Waals surface area contributed by atoms with Crippen LogP contribution in [-0.4, -0.2) is 64.8 Å². The topological polar surface area (TPSA) is 50.6 Å². The molecule has 1 aromatic heterocycles. The molecule has 0 unspecified atom stereocenters. The summed E-state index contributed by atoms with van der Waals surface area (Å²) in [6.07, 6.45) is 5.28. The van der Waals surface area contributed by atoms with Crippen molar-refractivity contribution < 1.29 is 9.53 Å². The first-order valence-electron chi connectivity index (χ1n) is 9.23. The Bertz CT molecular complexity index is 753. The number of amides is 1. The van der Waals surface area contributed by atoms with Gasteiger partial charge in [-0.3, -0.25) is 9.69 Å². The van der Waals surface area contributed by atoms with Crippen LogP contribution in [0.4, 0.5) is 0 Å². The molecule has 4 rings (SSSR count). The molecule has 1 saturated heterocycles. The third kappa shape index (κ3) is 3.80. The molecule has 1 fully saturated rings. The van der Waals surface area contributed by atoms with Gasteiger partial charge in [0.05, 0.1) is 6.61 Å². The van der Waals surface area contributed by atoms with Gasteiger partial charge in [-0.1, -0.05) is 42.5 Å². The van der Waals surface area contributed by atoms with Crippen LogP contribution in [0.1, 0.15) is 22.5 Å². The molecule has 2 aliphatic rings. The zero-order valence-corrected chi connectivity index (χ0v) is 14.9. The molecule has 6 nitrogen and oxygen atoms in total. The maximum Gasteiger partial charge on any atom is 0.274 e. The summed E-state index contributed by atoms with van der Waals surface area (Å²) in [4.78, 5) is 16.9. The quantitative estimate of drug-likeness (QED) is 0.846. The first-order valence-corrected chi connectivity index (χ1v) is 9.23. The average molecular weight is 352 g/mol. The number of hydrogen-bond acceptors (Lipinski definition) is 4. The van der Waals surface area contributed by atoms with Gasteiger partial charge in [-0.05, 0) is 5.56 Å². The number of hydrogen-bond donors (Lipinski definition) is 0. The molecule has 6 heteroatoms. The first-order chi connectivity index (χ1) is 12.8. The lowest BCUT2D eigenvalue weighted by Crippen LogP contribution is -2.48. The Hall–Kier alpha value is -2.60. The monoisotopic (exact) mass is 352 g/mol. The third-order valence-corrected chi connectivity index (χ3v) is 4.86. The van der Waals surface area contributed by atoms with Crippen molar-refractivity contribution >= 4 is 12.0 Å². The Morgan fingerprint density at radius 2 is 1.92 bits per heavy atom. The normalized spacial score (nSPS) is 17.9. The number of fused-ring (bicyclic) bond motifs is 1. The Morgan fingerprint density at radius 1 is 1.12 bits per heavy atom. The second kappa shape index (κ2) is 7.74. The van der Waals surface area contributed by atoms with Gasteiger partial charge in [0.25, 0.3) is 5.91 Å². The van der Waals surface area contributed by atoms with Crippen molar-refractivity contribution in [1.82, 2.24) is 19.6 Å². The van der Waals surface area contributed by atoms with Crippen molar-refractivity contribution in [3.05, 3.63) is 53.7 Å². The molecule has 0 atom stereocenters. The summed E-state index contributed by atoms with van der Waals surface area (Å²) in [5.74, 6) is 0.722. The van der Waals surface area contributed by atoms with Crippen molar-refractivity contribution in [3.8, 4) is 5.88 Å². The summed E-state index contributed by atoms with van der Waals surface area (Å²) < 4.78 is 7.35. The van der Waals surface area contributed by atoms with Gasteiger partial charge in [0.2, 0.25) is 5.88 Å². The maximum absolute atomic E-state index is 12.7. The summed E-state index contributed by atoms with van der Waals surface area (Å²) in [6.45, 7) is 5.67. The van der Waals surface area contributed by atoms with E-state index in [0.29, 0.717) is 18.2 Å². The number of piperazine rings is 1. The standard InChI is InChI=1S/C20H24N4O2/c25-20(18-16-19-24(21-18)10-5-15-26-19)23-13-11-22(12-14-23)9-4-8-17-6-2-1-3-7-17/h1-4,6-8,16H,5,9-15H2. The maximum atomic E-state index is 12.7. The lowest BCUT2D eigenvalue weighted by molar-refractivity contribution is 0.0643. The summed E-state index contributed by atoms with van der Waals surface area (Å²) in [7, 11) is 0. The van der Waals surface area contributed by atoms with Gasteiger partial charge in [-0.25, -0.2) is 4.68 Å².